The Morgan fingerprint density at radius 2 is 1.95 bits per heavy atom. The van der Waals surface area contributed by atoms with Crippen LogP contribution in [0.5, 0.6) is 0 Å². The van der Waals surface area contributed by atoms with Crippen molar-refractivity contribution in [1.29, 1.82) is 0 Å². The molecule has 2 N–H and O–H groups in total. The Kier molecular flexibility index (Phi) is 6.52. The minimum absolute atomic E-state index is 0.0445. The Balaban J connectivity index is 2.42. The highest BCUT2D eigenvalue weighted by Gasteiger charge is 2.12. The maximum Gasteiger partial charge on any atom is 0.234 e. The number of carbonyl (C=O) groups is 1. The number of carbonyl (C=O) groups excluding carboxylic acids is 1. The SMILES string of the molecule is CC(NCC(=O)NC(C)C(C)C)c1cccc(Br)c1. The van der Waals surface area contributed by atoms with Crippen molar-refractivity contribution < 1.29 is 4.79 Å². The smallest absolute Gasteiger partial charge is 0.234 e. The van der Waals surface area contributed by atoms with Crippen LogP contribution >= 0.6 is 15.9 Å². The molecule has 19 heavy (non-hydrogen) atoms. The van der Waals surface area contributed by atoms with Crippen LogP contribution in [0, 0.1) is 5.92 Å². The summed E-state index contributed by atoms with van der Waals surface area (Å²) < 4.78 is 1.05. The lowest BCUT2D eigenvalue weighted by atomic mass is 10.1. The Morgan fingerprint density at radius 3 is 2.53 bits per heavy atom. The summed E-state index contributed by atoms with van der Waals surface area (Å²) in [6.07, 6.45) is 0. The molecular weight excluding hydrogens is 304 g/mol. The highest BCUT2D eigenvalue weighted by molar-refractivity contribution is 9.10. The minimum atomic E-state index is 0.0445. The molecule has 1 amide bonds. The zero-order valence-electron chi connectivity index (χ0n) is 12.0. The van der Waals surface area contributed by atoms with Gasteiger partial charge in [0.2, 0.25) is 5.91 Å². The van der Waals surface area contributed by atoms with Crippen LogP contribution < -0.4 is 10.6 Å². The number of benzene rings is 1. The molecule has 0 aliphatic heterocycles. The van der Waals surface area contributed by atoms with E-state index in [1.54, 1.807) is 0 Å². The topological polar surface area (TPSA) is 41.1 Å². The van der Waals surface area contributed by atoms with Gasteiger partial charge in [-0.25, -0.2) is 0 Å². The molecule has 1 aromatic rings. The fourth-order valence-corrected chi connectivity index (χ4v) is 2.03. The second-order valence-corrected chi connectivity index (χ2v) is 6.17. The predicted molar refractivity (Wildman–Crippen MR) is 83.0 cm³/mol. The summed E-state index contributed by atoms with van der Waals surface area (Å²) in [6, 6.07) is 8.46. The van der Waals surface area contributed by atoms with E-state index >= 15 is 0 Å². The highest BCUT2D eigenvalue weighted by Crippen LogP contribution is 2.17. The molecule has 0 aliphatic carbocycles. The fraction of sp³-hybridized carbons (Fsp3) is 0.533. The number of hydrogen-bond donors (Lipinski definition) is 2. The van der Waals surface area contributed by atoms with Crippen LogP contribution in [0.15, 0.2) is 28.7 Å². The van der Waals surface area contributed by atoms with Crippen molar-refractivity contribution in [2.75, 3.05) is 6.54 Å². The third-order valence-corrected chi connectivity index (χ3v) is 3.80. The van der Waals surface area contributed by atoms with E-state index in [2.05, 4.69) is 59.5 Å². The van der Waals surface area contributed by atoms with Crippen molar-refractivity contribution in [3.8, 4) is 0 Å². The maximum absolute atomic E-state index is 11.8. The van der Waals surface area contributed by atoms with Gasteiger partial charge in [-0.3, -0.25) is 4.79 Å². The van der Waals surface area contributed by atoms with E-state index in [0.717, 1.165) is 4.47 Å². The van der Waals surface area contributed by atoms with E-state index in [1.165, 1.54) is 5.56 Å². The first kappa shape index (κ1) is 16.2. The summed E-state index contributed by atoms with van der Waals surface area (Å²) in [6.45, 7) is 8.62. The van der Waals surface area contributed by atoms with Gasteiger partial charge in [0.05, 0.1) is 6.54 Å². The Labute approximate surface area is 124 Å². The van der Waals surface area contributed by atoms with E-state index in [4.69, 9.17) is 0 Å². The molecule has 0 fully saturated rings. The average Bonchev–Trinajstić information content (AvgIpc) is 2.35. The quantitative estimate of drug-likeness (QED) is 0.842. The number of nitrogens with one attached hydrogen (secondary N) is 2. The zero-order chi connectivity index (χ0) is 14.4. The van der Waals surface area contributed by atoms with Gasteiger partial charge >= 0.3 is 0 Å². The molecule has 0 saturated heterocycles. The van der Waals surface area contributed by atoms with Crippen LogP contribution in [0.2, 0.25) is 0 Å². The molecule has 2 atom stereocenters. The zero-order valence-corrected chi connectivity index (χ0v) is 13.6. The summed E-state index contributed by atoms with van der Waals surface area (Å²) in [4.78, 5) is 11.8. The van der Waals surface area contributed by atoms with Crippen LogP contribution in [-0.4, -0.2) is 18.5 Å². The van der Waals surface area contributed by atoms with Gasteiger partial charge in [0.15, 0.2) is 0 Å². The average molecular weight is 327 g/mol. The van der Waals surface area contributed by atoms with Crippen molar-refractivity contribution in [3.05, 3.63) is 34.3 Å². The van der Waals surface area contributed by atoms with Crippen LogP contribution in [0.25, 0.3) is 0 Å². The summed E-state index contributed by atoms with van der Waals surface area (Å²) >= 11 is 3.45. The molecule has 0 spiro atoms. The lowest BCUT2D eigenvalue weighted by Crippen LogP contribution is -2.41. The summed E-state index contributed by atoms with van der Waals surface area (Å²) in [5, 5.41) is 6.22. The first-order chi connectivity index (χ1) is 8.90. The third kappa shape index (κ3) is 5.74. The molecular formula is C15H23BrN2O. The lowest BCUT2D eigenvalue weighted by molar-refractivity contribution is -0.121. The molecule has 1 aromatic carbocycles. The van der Waals surface area contributed by atoms with Gasteiger partial charge in [-0.15, -0.1) is 0 Å². The molecule has 0 heterocycles. The van der Waals surface area contributed by atoms with Gasteiger partial charge in [-0.05, 0) is 37.5 Å². The number of halogens is 1. The van der Waals surface area contributed by atoms with E-state index in [0.29, 0.717) is 12.5 Å². The summed E-state index contributed by atoms with van der Waals surface area (Å²) in [5.41, 5.74) is 1.17. The predicted octanol–water partition coefficient (Wildman–Crippen LogP) is 3.26. The number of rotatable bonds is 6. The van der Waals surface area contributed by atoms with Gasteiger partial charge in [-0.2, -0.15) is 0 Å². The fourth-order valence-electron chi connectivity index (χ4n) is 1.61. The molecule has 106 valence electrons. The third-order valence-electron chi connectivity index (χ3n) is 3.31. The molecule has 1 rings (SSSR count). The number of hydrogen-bond acceptors (Lipinski definition) is 2. The Bertz CT molecular complexity index is 420. The molecule has 0 radical (unpaired) electrons. The van der Waals surface area contributed by atoms with Gasteiger partial charge < -0.3 is 10.6 Å². The van der Waals surface area contributed by atoms with E-state index in [9.17, 15) is 4.79 Å². The minimum Gasteiger partial charge on any atom is -0.352 e. The lowest BCUT2D eigenvalue weighted by Gasteiger charge is -2.19. The van der Waals surface area contributed by atoms with E-state index in [-0.39, 0.29) is 18.0 Å². The van der Waals surface area contributed by atoms with Crippen LogP contribution in [-0.2, 0) is 4.79 Å². The van der Waals surface area contributed by atoms with Crippen molar-refractivity contribution in [3.63, 3.8) is 0 Å². The first-order valence-corrected chi connectivity index (χ1v) is 7.47. The van der Waals surface area contributed by atoms with Crippen molar-refractivity contribution in [1.82, 2.24) is 10.6 Å². The molecule has 2 unspecified atom stereocenters. The van der Waals surface area contributed by atoms with Gasteiger partial charge in [0.25, 0.3) is 0 Å². The van der Waals surface area contributed by atoms with Crippen LogP contribution in [0.3, 0.4) is 0 Å². The highest BCUT2D eigenvalue weighted by atomic mass is 79.9. The second-order valence-electron chi connectivity index (χ2n) is 5.26. The van der Waals surface area contributed by atoms with Crippen molar-refractivity contribution in [2.45, 2.75) is 39.8 Å². The van der Waals surface area contributed by atoms with E-state index < -0.39 is 0 Å². The van der Waals surface area contributed by atoms with Crippen LogP contribution in [0.4, 0.5) is 0 Å². The maximum atomic E-state index is 11.8. The molecule has 0 aliphatic rings. The second kappa shape index (κ2) is 7.65. The normalized spacial score (nSPS) is 14.2. The Hall–Kier alpha value is -0.870. The van der Waals surface area contributed by atoms with E-state index in [1.807, 2.05) is 19.1 Å². The van der Waals surface area contributed by atoms with Gasteiger partial charge in [0.1, 0.15) is 0 Å². The molecule has 3 nitrogen and oxygen atoms in total. The summed E-state index contributed by atoms with van der Waals surface area (Å²) in [7, 11) is 0. The standard InChI is InChI=1S/C15H23BrN2O/c1-10(2)11(3)18-15(19)9-17-12(4)13-6-5-7-14(16)8-13/h5-8,10-12,17H,9H2,1-4H3,(H,18,19). The number of amides is 1. The molecule has 0 aromatic heterocycles. The summed E-state index contributed by atoms with van der Waals surface area (Å²) in [5.74, 6) is 0.495. The van der Waals surface area contributed by atoms with Gasteiger partial charge in [-0.1, -0.05) is 41.9 Å². The molecule has 0 bridgehead atoms. The monoisotopic (exact) mass is 326 g/mol. The first-order valence-electron chi connectivity index (χ1n) is 6.68. The van der Waals surface area contributed by atoms with Crippen LogP contribution in [0.1, 0.15) is 39.3 Å². The Morgan fingerprint density at radius 1 is 1.26 bits per heavy atom. The van der Waals surface area contributed by atoms with Crippen molar-refractivity contribution >= 4 is 21.8 Å². The molecule has 0 saturated carbocycles. The van der Waals surface area contributed by atoms with Crippen molar-refractivity contribution in [2.24, 2.45) is 5.92 Å². The largest absolute Gasteiger partial charge is 0.352 e. The van der Waals surface area contributed by atoms with Gasteiger partial charge in [0, 0.05) is 16.6 Å². The molecule has 4 heteroatoms.